The lowest BCUT2D eigenvalue weighted by Gasteiger charge is -2.15. The molecule has 0 spiro atoms. The van der Waals surface area contributed by atoms with E-state index in [1.54, 1.807) is 0 Å². The van der Waals surface area contributed by atoms with Crippen molar-refractivity contribution < 1.29 is 4.79 Å². The van der Waals surface area contributed by atoms with Crippen LogP contribution in [-0.4, -0.2) is 5.78 Å². The number of carbonyl (C=O) groups excluding carboxylic acids is 1. The first-order chi connectivity index (χ1) is 7.50. The molecule has 0 unspecified atom stereocenters. The third-order valence-electron chi connectivity index (χ3n) is 3.33. The molecule has 0 aliphatic heterocycles. The van der Waals surface area contributed by atoms with Crippen LogP contribution in [0.2, 0.25) is 0 Å². The smallest absolute Gasteiger partial charge is 0.165 e. The van der Waals surface area contributed by atoms with Crippen molar-refractivity contribution in [3.63, 3.8) is 0 Å². The first-order valence-electron chi connectivity index (χ1n) is 5.78. The summed E-state index contributed by atoms with van der Waals surface area (Å²) in [6, 6.07) is 10.2. The molecule has 0 radical (unpaired) electrons. The van der Waals surface area contributed by atoms with E-state index in [4.69, 9.17) is 0 Å². The molecule has 0 fully saturated rings. The van der Waals surface area contributed by atoms with Gasteiger partial charge in [0.2, 0.25) is 0 Å². The molecule has 1 aliphatic carbocycles. The number of Topliss-reactive ketones (excluding diaryl/α,β-unsaturated/α-hetero) is 1. The van der Waals surface area contributed by atoms with Gasteiger partial charge in [-0.05, 0) is 24.5 Å². The Morgan fingerprint density at radius 2 is 1.81 bits per heavy atom. The predicted molar refractivity (Wildman–Crippen MR) is 66.3 cm³/mol. The monoisotopic (exact) mass is 214 g/mol. The number of rotatable bonds is 2. The molecular weight excluding hydrogens is 196 g/mol. The molecule has 16 heavy (non-hydrogen) atoms. The minimum absolute atomic E-state index is 0.186. The Morgan fingerprint density at radius 3 is 2.31 bits per heavy atom. The number of carbonyl (C=O) groups is 1. The van der Waals surface area contributed by atoms with Gasteiger partial charge in [0.25, 0.3) is 0 Å². The van der Waals surface area contributed by atoms with E-state index in [1.165, 1.54) is 11.1 Å². The van der Waals surface area contributed by atoms with Crippen molar-refractivity contribution in [2.24, 2.45) is 5.41 Å². The van der Waals surface area contributed by atoms with Crippen LogP contribution in [0.25, 0.3) is 0 Å². The molecule has 0 saturated heterocycles. The van der Waals surface area contributed by atoms with Crippen LogP contribution in [0.5, 0.6) is 0 Å². The Balaban J connectivity index is 2.24. The summed E-state index contributed by atoms with van der Waals surface area (Å²) >= 11 is 0. The molecule has 1 nitrogen and oxygen atoms in total. The minimum atomic E-state index is -0.186. The summed E-state index contributed by atoms with van der Waals surface area (Å²) in [5, 5.41) is 0. The molecule has 0 heterocycles. The van der Waals surface area contributed by atoms with Gasteiger partial charge in [-0.2, -0.15) is 0 Å². The zero-order valence-electron chi connectivity index (χ0n) is 10.2. The van der Waals surface area contributed by atoms with E-state index in [9.17, 15) is 4.79 Å². The zero-order valence-corrected chi connectivity index (χ0v) is 10.2. The first-order valence-corrected chi connectivity index (χ1v) is 5.78. The molecule has 0 amide bonds. The highest BCUT2D eigenvalue weighted by molar-refractivity contribution is 6.03. The van der Waals surface area contributed by atoms with Crippen LogP contribution in [0.1, 0.15) is 32.8 Å². The van der Waals surface area contributed by atoms with Gasteiger partial charge in [0.15, 0.2) is 5.78 Å². The van der Waals surface area contributed by atoms with Crippen LogP contribution in [-0.2, 0) is 11.2 Å². The highest BCUT2D eigenvalue weighted by Gasteiger charge is 2.37. The molecule has 0 bridgehead atoms. The lowest BCUT2D eigenvalue weighted by molar-refractivity contribution is -0.122. The largest absolute Gasteiger partial charge is 0.294 e. The molecule has 0 N–H and O–H groups in total. The molecule has 2 rings (SSSR count). The highest BCUT2D eigenvalue weighted by atomic mass is 16.1. The van der Waals surface area contributed by atoms with Crippen LogP contribution in [0.4, 0.5) is 0 Å². The standard InChI is InChI=1S/C15H18O/c1-11-10-15(2,3)14(16)13(11)9-12-7-5-4-6-8-12/h4-8H,9-10H2,1-3H3. The van der Waals surface area contributed by atoms with Gasteiger partial charge in [0.05, 0.1) is 0 Å². The van der Waals surface area contributed by atoms with E-state index in [0.29, 0.717) is 5.78 Å². The van der Waals surface area contributed by atoms with Gasteiger partial charge >= 0.3 is 0 Å². The van der Waals surface area contributed by atoms with Crippen molar-refractivity contribution in [1.82, 2.24) is 0 Å². The molecule has 1 aromatic rings. The summed E-state index contributed by atoms with van der Waals surface area (Å²) in [5.74, 6) is 0.328. The lowest BCUT2D eigenvalue weighted by Crippen LogP contribution is -2.20. The van der Waals surface area contributed by atoms with E-state index < -0.39 is 0 Å². The van der Waals surface area contributed by atoms with E-state index in [-0.39, 0.29) is 5.41 Å². The third kappa shape index (κ3) is 1.95. The van der Waals surface area contributed by atoms with Gasteiger partial charge in [0, 0.05) is 11.8 Å². The molecule has 0 aromatic heterocycles. The number of hydrogen-bond acceptors (Lipinski definition) is 1. The number of benzene rings is 1. The fourth-order valence-corrected chi connectivity index (χ4v) is 2.48. The second kappa shape index (κ2) is 3.89. The summed E-state index contributed by atoms with van der Waals surface area (Å²) in [6.45, 7) is 6.17. The van der Waals surface area contributed by atoms with Crippen LogP contribution in [0.3, 0.4) is 0 Å². The second-order valence-corrected chi connectivity index (χ2v) is 5.31. The number of ketones is 1. The Morgan fingerprint density at radius 1 is 1.19 bits per heavy atom. The molecule has 1 heteroatoms. The summed E-state index contributed by atoms with van der Waals surface area (Å²) in [4.78, 5) is 12.2. The van der Waals surface area contributed by atoms with Gasteiger partial charge in [-0.3, -0.25) is 4.79 Å². The highest BCUT2D eigenvalue weighted by Crippen LogP contribution is 2.38. The topological polar surface area (TPSA) is 17.1 Å². The Hall–Kier alpha value is -1.37. The normalized spacial score (nSPS) is 19.3. The van der Waals surface area contributed by atoms with Gasteiger partial charge < -0.3 is 0 Å². The van der Waals surface area contributed by atoms with Gasteiger partial charge in [0.1, 0.15) is 0 Å². The average molecular weight is 214 g/mol. The van der Waals surface area contributed by atoms with Crippen molar-refractivity contribution in [2.45, 2.75) is 33.6 Å². The molecule has 1 aliphatic rings. The quantitative estimate of drug-likeness (QED) is 0.736. The number of hydrogen-bond donors (Lipinski definition) is 0. The summed E-state index contributed by atoms with van der Waals surface area (Å²) in [6.07, 6.45) is 1.70. The lowest BCUT2D eigenvalue weighted by atomic mass is 9.87. The van der Waals surface area contributed by atoms with Crippen molar-refractivity contribution in [1.29, 1.82) is 0 Å². The SMILES string of the molecule is CC1=C(Cc2ccccc2)C(=O)C(C)(C)C1. The number of allylic oxidation sites excluding steroid dienone is 2. The van der Waals surface area contributed by atoms with Crippen LogP contribution in [0.15, 0.2) is 41.5 Å². The summed E-state index contributed by atoms with van der Waals surface area (Å²) in [7, 11) is 0. The molecule has 1 aromatic carbocycles. The third-order valence-corrected chi connectivity index (χ3v) is 3.33. The van der Waals surface area contributed by atoms with Crippen LogP contribution in [0, 0.1) is 5.41 Å². The van der Waals surface area contributed by atoms with E-state index >= 15 is 0 Å². The Labute approximate surface area is 97.2 Å². The maximum atomic E-state index is 12.2. The zero-order chi connectivity index (χ0) is 11.8. The van der Waals surface area contributed by atoms with Gasteiger partial charge in [-0.1, -0.05) is 49.8 Å². The van der Waals surface area contributed by atoms with E-state index in [2.05, 4.69) is 19.1 Å². The minimum Gasteiger partial charge on any atom is -0.294 e. The van der Waals surface area contributed by atoms with Crippen molar-refractivity contribution >= 4 is 5.78 Å². The Bertz CT molecular complexity index is 438. The molecule has 84 valence electrons. The maximum Gasteiger partial charge on any atom is 0.165 e. The van der Waals surface area contributed by atoms with Gasteiger partial charge in [-0.15, -0.1) is 0 Å². The van der Waals surface area contributed by atoms with Crippen molar-refractivity contribution in [3.05, 3.63) is 47.0 Å². The van der Waals surface area contributed by atoms with Crippen LogP contribution >= 0.6 is 0 Å². The van der Waals surface area contributed by atoms with Crippen molar-refractivity contribution in [2.75, 3.05) is 0 Å². The molecule has 0 atom stereocenters. The summed E-state index contributed by atoms with van der Waals surface area (Å²) in [5.41, 5.74) is 3.33. The van der Waals surface area contributed by atoms with Gasteiger partial charge in [-0.25, -0.2) is 0 Å². The average Bonchev–Trinajstić information content (AvgIpc) is 2.42. The molecule has 0 saturated carbocycles. The molecular formula is C15H18O. The van der Waals surface area contributed by atoms with E-state index in [0.717, 1.165) is 18.4 Å². The fourth-order valence-electron chi connectivity index (χ4n) is 2.48. The summed E-state index contributed by atoms with van der Waals surface area (Å²) < 4.78 is 0. The van der Waals surface area contributed by atoms with Crippen LogP contribution < -0.4 is 0 Å². The second-order valence-electron chi connectivity index (χ2n) is 5.31. The predicted octanol–water partition coefficient (Wildman–Crippen LogP) is 3.54. The van der Waals surface area contributed by atoms with E-state index in [1.807, 2.05) is 32.0 Å². The first kappa shape index (κ1) is 11.1. The van der Waals surface area contributed by atoms with Crippen molar-refractivity contribution in [3.8, 4) is 0 Å². The maximum absolute atomic E-state index is 12.2. The Kier molecular flexibility index (Phi) is 2.71. The fraction of sp³-hybridized carbons (Fsp3) is 0.400.